The Bertz CT molecular complexity index is 1000. The average molecular weight is 452 g/mol. The molecule has 1 fully saturated rings. The Balaban J connectivity index is 1.47. The van der Waals surface area contributed by atoms with Crippen LogP contribution in [0.1, 0.15) is 41.7 Å². The van der Waals surface area contributed by atoms with Gasteiger partial charge in [0, 0.05) is 36.5 Å². The lowest BCUT2D eigenvalue weighted by Gasteiger charge is -2.31. The molecule has 1 aromatic carbocycles. The molecule has 3 N–H and O–H groups in total. The number of primary amides is 1. The van der Waals surface area contributed by atoms with Crippen molar-refractivity contribution < 1.29 is 18.4 Å². The first kappa shape index (κ1) is 21.5. The molecule has 2 heterocycles. The first-order valence-electron chi connectivity index (χ1n) is 10.3. The Hall–Kier alpha value is -2.68. The standard InChI is InChI=1S/C21H24ClF2N5O2/c22-15-3-1-2-14(10-15)18-17(19(25)30)16-12-28(8-9-29(16)27-18)20(31)26-11-13-4-6-21(23,24)7-5-13/h1-3,10,13H,4-9,11-12H2,(H2,25,30)(H,26,31). The minimum atomic E-state index is -2.59. The van der Waals surface area contributed by atoms with Crippen LogP contribution in [0.25, 0.3) is 11.3 Å². The predicted octanol–water partition coefficient (Wildman–Crippen LogP) is 3.65. The number of nitrogens with zero attached hydrogens (tertiary/aromatic N) is 3. The van der Waals surface area contributed by atoms with E-state index in [-0.39, 0.29) is 36.9 Å². The molecule has 0 spiro atoms. The third kappa shape index (κ3) is 4.66. The third-order valence-corrected chi connectivity index (χ3v) is 6.23. The van der Waals surface area contributed by atoms with Gasteiger partial charge in [0.1, 0.15) is 5.69 Å². The first-order chi connectivity index (χ1) is 14.7. The normalized spacial score (nSPS) is 18.5. The maximum atomic E-state index is 13.3. The number of nitrogens with one attached hydrogen (secondary N) is 1. The number of halogens is 3. The SMILES string of the molecule is NC(=O)c1c(-c2cccc(Cl)c2)nn2c1CN(C(=O)NCC1CCC(F)(F)CC1)CC2. The van der Waals surface area contributed by atoms with Crippen molar-refractivity contribution in [3.8, 4) is 11.3 Å². The lowest BCUT2D eigenvalue weighted by Crippen LogP contribution is -2.46. The number of aromatic nitrogens is 2. The van der Waals surface area contributed by atoms with Crippen LogP contribution >= 0.6 is 11.6 Å². The minimum Gasteiger partial charge on any atom is -0.365 e. The zero-order valence-corrected chi connectivity index (χ0v) is 17.7. The minimum absolute atomic E-state index is 0.0505. The number of hydrogen-bond donors (Lipinski definition) is 2. The molecule has 166 valence electrons. The summed E-state index contributed by atoms with van der Waals surface area (Å²) in [5.74, 6) is -3.16. The monoisotopic (exact) mass is 451 g/mol. The fourth-order valence-electron chi connectivity index (χ4n) is 4.24. The summed E-state index contributed by atoms with van der Waals surface area (Å²) in [4.78, 5) is 26.5. The second kappa shape index (κ2) is 8.45. The van der Waals surface area contributed by atoms with Crippen LogP contribution in [-0.2, 0) is 13.1 Å². The predicted molar refractivity (Wildman–Crippen MR) is 112 cm³/mol. The topological polar surface area (TPSA) is 93.2 Å². The van der Waals surface area contributed by atoms with E-state index in [9.17, 15) is 18.4 Å². The van der Waals surface area contributed by atoms with Crippen molar-refractivity contribution >= 4 is 23.5 Å². The van der Waals surface area contributed by atoms with E-state index in [0.29, 0.717) is 54.4 Å². The van der Waals surface area contributed by atoms with Gasteiger partial charge in [0.2, 0.25) is 5.92 Å². The highest BCUT2D eigenvalue weighted by Crippen LogP contribution is 2.36. The van der Waals surface area contributed by atoms with Gasteiger partial charge in [0.25, 0.3) is 5.91 Å². The number of benzene rings is 1. The quantitative estimate of drug-likeness (QED) is 0.743. The average Bonchev–Trinajstić information content (AvgIpc) is 3.12. The molecule has 31 heavy (non-hydrogen) atoms. The van der Waals surface area contributed by atoms with E-state index in [2.05, 4.69) is 10.4 Å². The van der Waals surface area contributed by atoms with Crippen molar-refractivity contribution in [2.24, 2.45) is 11.7 Å². The fourth-order valence-corrected chi connectivity index (χ4v) is 4.43. The second-order valence-corrected chi connectivity index (χ2v) is 8.61. The van der Waals surface area contributed by atoms with E-state index in [1.54, 1.807) is 33.8 Å². The highest BCUT2D eigenvalue weighted by Gasteiger charge is 2.35. The third-order valence-electron chi connectivity index (χ3n) is 5.99. The molecular formula is C21H24ClF2N5O2. The maximum Gasteiger partial charge on any atom is 0.317 e. The lowest BCUT2D eigenvalue weighted by molar-refractivity contribution is -0.0452. The van der Waals surface area contributed by atoms with Crippen LogP contribution in [0.4, 0.5) is 13.6 Å². The Kier molecular flexibility index (Phi) is 5.88. The molecule has 2 aromatic rings. The van der Waals surface area contributed by atoms with Crippen molar-refractivity contribution in [1.82, 2.24) is 20.0 Å². The Morgan fingerprint density at radius 2 is 2.00 bits per heavy atom. The van der Waals surface area contributed by atoms with Crippen LogP contribution in [0.15, 0.2) is 24.3 Å². The molecule has 3 amide bonds. The van der Waals surface area contributed by atoms with E-state index in [4.69, 9.17) is 17.3 Å². The molecule has 1 aliphatic heterocycles. The second-order valence-electron chi connectivity index (χ2n) is 8.17. The smallest absolute Gasteiger partial charge is 0.317 e. The summed E-state index contributed by atoms with van der Waals surface area (Å²) in [6.07, 6.45) is 0.527. The van der Waals surface area contributed by atoms with Gasteiger partial charge in [-0.25, -0.2) is 13.6 Å². The van der Waals surface area contributed by atoms with Gasteiger partial charge < -0.3 is 16.0 Å². The van der Waals surface area contributed by atoms with Gasteiger partial charge >= 0.3 is 6.03 Å². The van der Waals surface area contributed by atoms with Gasteiger partial charge in [0.05, 0.1) is 24.3 Å². The van der Waals surface area contributed by atoms with Crippen molar-refractivity contribution in [2.75, 3.05) is 13.1 Å². The van der Waals surface area contributed by atoms with Crippen molar-refractivity contribution in [3.05, 3.63) is 40.5 Å². The summed E-state index contributed by atoms with van der Waals surface area (Å²) in [6.45, 7) is 1.37. The van der Waals surface area contributed by atoms with Crippen molar-refractivity contribution in [1.29, 1.82) is 0 Å². The largest absolute Gasteiger partial charge is 0.365 e. The number of fused-ring (bicyclic) bond motifs is 1. The zero-order chi connectivity index (χ0) is 22.2. The molecule has 0 unspecified atom stereocenters. The Morgan fingerprint density at radius 1 is 1.26 bits per heavy atom. The summed E-state index contributed by atoms with van der Waals surface area (Å²) in [7, 11) is 0. The number of alkyl halides is 2. The van der Waals surface area contributed by atoms with Gasteiger partial charge in [0.15, 0.2) is 0 Å². The highest BCUT2D eigenvalue weighted by atomic mass is 35.5. The fraction of sp³-hybridized carbons (Fsp3) is 0.476. The molecular weight excluding hydrogens is 428 g/mol. The number of amides is 3. The van der Waals surface area contributed by atoms with Gasteiger partial charge in [-0.05, 0) is 30.9 Å². The van der Waals surface area contributed by atoms with Crippen LogP contribution in [0, 0.1) is 5.92 Å². The van der Waals surface area contributed by atoms with Gasteiger partial charge in [-0.3, -0.25) is 9.48 Å². The van der Waals surface area contributed by atoms with Gasteiger partial charge in [-0.15, -0.1) is 0 Å². The molecule has 1 aliphatic carbocycles. The number of carbonyl (C=O) groups is 2. The van der Waals surface area contributed by atoms with Crippen LogP contribution < -0.4 is 11.1 Å². The number of nitrogens with two attached hydrogens (primary N) is 1. The molecule has 0 bridgehead atoms. The molecule has 1 saturated carbocycles. The molecule has 10 heteroatoms. The van der Waals surface area contributed by atoms with E-state index >= 15 is 0 Å². The van der Waals surface area contributed by atoms with Crippen LogP contribution in [0.5, 0.6) is 0 Å². The molecule has 7 nitrogen and oxygen atoms in total. The molecule has 0 saturated heterocycles. The maximum absolute atomic E-state index is 13.3. The Labute approximate surface area is 183 Å². The summed E-state index contributed by atoms with van der Waals surface area (Å²) in [5, 5.41) is 7.91. The van der Waals surface area contributed by atoms with E-state index in [0.717, 1.165) is 0 Å². The molecule has 4 rings (SSSR count). The van der Waals surface area contributed by atoms with E-state index < -0.39 is 11.8 Å². The molecule has 0 radical (unpaired) electrons. The van der Waals surface area contributed by atoms with Crippen molar-refractivity contribution in [3.63, 3.8) is 0 Å². The molecule has 0 atom stereocenters. The van der Waals surface area contributed by atoms with Gasteiger partial charge in [-0.1, -0.05) is 23.7 Å². The van der Waals surface area contributed by atoms with Crippen LogP contribution in [0.2, 0.25) is 5.02 Å². The van der Waals surface area contributed by atoms with Crippen LogP contribution in [0.3, 0.4) is 0 Å². The first-order valence-corrected chi connectivity index (χ1v) is 10.7. The summed E-state index contributed by atoms with van der Waals surface area (Å²) < 4.78 is 28.3. The van der Waals surface area contributed by atoms with Crippen molar-refractivity contribution in [2.45, 2.75) is 44.7 Å². The summed E-state index contributed by atoms with van der Waals surface area (Å²) in [5.41, 5.74) is 7.61. The number of urea groups is 1. The summed E-state index contributed by atoms with van der Waals surface area (Å²) in [6, 6.07) is 6.71. The zero-order valence-electron chi connectivity index (χ0n) is 16.9. The van der Waals surface area contributed by atoms with E-state index in [1.165, 1.54) is 0 Å². The van der Waals surface area contributed by atoms with Gasteiger partial charge in [-0.2, -0.15) is 5.10 Å². The molecule has 2 aliphatic rings. The number of carbonyl (C=O) groups excluding carboxylic acids is 2. The highest BCUT2D eigenvalue weighted by molar-refractivity contribution is 6.30. The Morgan fingerprint density at radius 3 is 2.68 bits per heavy atom. The molecule has 1 aromatic heterocycles. The summed E-state index contributed by atoms with van der Waals surface area (Å²) >= 11 is 6.08. The lowest BCUT2D eigenvalue weighted by atomic mass is 9.87. The number of rotatable bonds is 4. The van der Waals surface area contributed by atoms with E-state index in [1.807, 2.05) is 0 Å². The van der Waals surface area contributed by atoms with Crippen LogP contribution in [-0.4, -0.2) is 45.6 Å². The number of hydrogen-bond acceptors (Lipinski definition) is 3.